The summed E-state index contributed by atoms with van der Waals surface area (Å²) in [5.41, 5.74) is 6.22. The maximum atomic E-state index is 6.13. The quantitative estimate of drug-likeness (QED) is 0.256. The van der Waals surface area contributed by atoms with E-state index in [9.17, 15) is 0 Å². The summed E-state index contributed by atoms with van der Waals surface area (Å²) in [4.78, 5) is 0. The maximum Gasteiger partial charge on any atom is 0.118 e. The third kappa shape index (κ3) is 4.64. The van der Waals surface area contributed by atoms with E-state index < -0.39 is 0 Å². The molecule has 0 aromatic rings. The Balaban J connectivity index is 1.40. The van der Waals surface area contributed by atoms with Crippen LogP contribution >= 0.6 is 0 Å². The lowest BCUT2D eigenvalue weighted by molar-refractivity contribution is -0.0790. The predicted molar refractivity (Wildman–Crippen MR) is 128 cm³/mol. The second-order valence-corrected chi connectivity index (χ2v) is 11.8. The van der Waals surface area contributed by atoms with Gasteiger partial charge in [0.1, 0.15) is 5.84 Å². The normalized spacial score (nSPS) is 43.6. The van der Waals surface area contributed by atoms with Gasteiger partial charge in [0.25, 0.3) is 0 Å². The lowest BCUT2D eigenvalue weighted by Gasteiger charge is -2.57. The number of nitrogens with two attached hydrogens (primary N) is 2. The molecule has 0 spiro atoms. The smallest absolute Gasteiger partial charge is 0.118 e. The van der Waals surface area contributed by atoms with Crippen molar-refractivity contribution in [1.29, 1.82) is 0 Å². The Bertz CT molecular complexity index is 635. The zero-order valence-corrected chi connectivity index (χ0v) is 20.6. The first-order valence-corrected chi connectivity index (χ1v) is 13.2. The molecule has 0 heterocycles. The SMILES string of the molecule is CCOCC1CCC2C(CCC3C2CCC2(C)C(C(C)CN(N)/N=C(/C)N)CCC32)C1. The molecule has 0 aliphatic heterocycles. The van der Waals surface area contributed by atoms with Crippen molar-refractivity contribution in [3.63, 3.8) is 0 Å². The summed E-state index contributed by atoms with van der Waals surface area (Å²) < 4.78 is 5.78. The second kappa shape index (κ2) is 9.59. The fraction of sp³-hybridized carbons (Fsp3) is 0.962. The molecule has 0 bridgehead atoms. The minimum atomic E-state index is 0.488. The highest BCUT2D eigenvalue weighted by Crippen LogP contribution is 2.65. The summed E-state index contributed by atoms with van der Waals surface area (Å²) in [6.07, 6.45) is 12.9. The van der Waals surface area contributed by atoms with Crippen LogP contribution in [0.1, 0.15) is 85.5 Å². The minimum Gasteiger partial charge on any atom is -0.386 e. The van der Waals surface area contributed by atoms with Gasteiger partial charge in [-0.25, -0.2) is 11.0 Å². The Morgan fingerprint density at radius 3 is 2.61 bits per heavy atom. The first-order chi connectivity index (χ1) is 14.8. The molecule has 0 radical (unpaired) electrons. The topological polar surface area (TPSA) is 76.9 Å². The van der Waals surface area contributed by atoms with Crippen LogP contribution in [0.4, 0.5) is 0 Å². The van der Waals surface area contributed by atoms with Crippen LogP contribution in [0.25, 0.3) is 0 Å². The number of hydrazone groups is 1. The van der Waals surface area contributed by atoms with Gasteiger partial charge in [-0.15, -0.1) is 5.10 Å². The molecule has 0 saturated heterocycles. The molecule has 0 amide bonds. The molecule has 9 atom stereocenters. The molecule has 4 rings (SSSR count). The predicted octanol–water partition coefficient (Wildman–Crippen LogP) is 5.01. The molecule has 5 nitrogen and oxygen atoms in total. The Kier molecular flexibility index (Phi) is 7.22. The molecule has 9 unspecified atom stereocenters. The van der Waals surface area contributed by atoms with E-state index in [1.807, 2.05) is 0 Å². The summed E-state index contributed by atoms with van der Waals surface area (Å²) in [7, 11) is 0. The van der Waals surface area contributed by atoms with Crippen LogP contribution in [0.3, 0.4) is 0 Å². The van der Waals surface area contributed by atoms with Crippen LogP contribution in [0.2, 0.25) is 0 Å². The molecule has 4 aliphatic rings. The van der Waals surface area contributed by atoms with Gasteiger partial charge < -0.3 is 10.5 Å². The van der Waals surface area contributed by atoms with Crippen molar-refractivity contribution in [2.24, 2.45) is 69.4 Å². The average Bonchev–Trinajstić information content (AvgIpc) is 3.08. The molecule has 0 aromatic heterocycles. The fourth-order valence-electron chi connectivity index (χ4n) is 9.03. The number of ether oxygens (including phenoxy) is 1. The van der Waals surface area contributed by atoms with Crippen molar-refractivity contribution >= 4 is 5.84 Å². The van der Waals surface area contributed by atoms with Crippen LogP contribution in [-0.4, -0.2) is 30.7 Å². The Hall–Kier alpha value is -0.810. The standard InChI is InChI=1S/C26H48N4O/c1-5-31-16-19-6-8-21-20(14-19)7-9-23-22(21)12-13-26(4)24(10-11-25(23)26)17(2)15-30(28)29-18(3)27/h17,19-25H,5-16,28H2,1-4H3,(H2,27,29). The van der Waals surface area contributed by atoms with Gasteiger partial charge in [0.2, 0.25) is 0 Å². The largest absolute Gasteiger partial charge is 0.386 e. The molecule has 4 saturated carbocycles. The van der Waals surface area contributed by atoms with Crippen molar-refractivity contribution in [1.82, 2.24) is 5.12 Å². The van der Waals surface area contributed by atoms with Crippen LogP contribution in [-0.2, 0) is 4.74 Å². The third-order valence-electron chi connectivity index (χ3n) is 10.1. The van der Waals surface area contributed by atoms with Gasteiger partial charge in [-0.3, -0.25) is 0 Å². The van der Waals surface area contributed by atoms with Crippen molar-refractivity contribution in [2.45, 2.75) is 85.5 Å². The highest BCUT2D eigenvalue weighted by atomic mass is 16.5. The number of rotatable bonds is 7. The Labute approximate surface area is 190 Å². The molecule has 0 aromatic carbocycles. The average molecular weight is 433 g/mol. The van der Waals surface area contributed by atoms with Gasteiger partial charge in [0.05, 0.1) is 6.54 Å². The third-order valence-corrected chi connectivity index (χ3v) is 10.1. The molecule has 5 heteroatoms. The highest BCUT2D eigenvalue weighted by molar-refractivity contribution is 5.77. The summed E-state index contributed by atoms with van der Waals surface area (Å²) in [5.74, 6) is 13.7. The van der Waals surface area contributed by atoms with Gasteiger partial charge in [0, 0.05) is 13.2 Å². The molecule has 4 fully saturated rings. The molecule has 4 N–H and O–H groups in total. The van der Waals surface area contributed by atoms with Gasteiger partial charge in [-0.1, -0.05) is 13.8 Å². The van der Waals surface area contributed by atoms with Crippen LogP contribution in [0.5, 0.6) is 0 Å². The maximum absolute atomic E-state index is 6.13. The molecular formula is C26H48N4O. The van der Waals surface area contributed by atoms with E-state index in [0.29, 0.717) is 17.2 Å². The number of amidine groups is 1. The van der Waals surface area contributed by atoms with Gasteiger partial charge >= 0.3 is 0 Å². The molecule has 31 heavy (non-hydrogen) atoms. The lowest BCUT2D eigenvalue weighted by Crippen LogP contribution is -2.50. The Morgan fingerprint density at radius 1 is 1.10 bits per heavy atom. The zero-order valence-electron chi connectivity index (χ0n) is 20.6. The van der Waals surface area contributed by atoms with Crippen LogP contribution < -0.4 is 11.6 Å². The molecule has 178 valence electrons. The van der Waals surface area contributed by atoms with E-state index in [2.05, 4.69) is 25.9 Å². The number of hydrogen-bond acceptors (Lipinski definition) is 4. The van der Waals surface area contributed by atoms with Gasteiger partial charge in [-0.2, -0.15) is 0 Å². The van der Waals surface area contributed by atoms with Crippen molar-refractivity contribution < 1.29 is 4.74 Å². The van der Waals surface area contributed by atoms with E-state index in [0.717, 1.165) is 61.2 Å². The van der Waals surface area contributed by atoms with Crippen LogP contribution in [0.15, 0.2) is 5.10 Å². The van der Waals surface area contributed by atoms with Crippen molar-refractivity contribution in [3.05, 3.63) is 0 Å². The van der Waals surface area contributed by atoms with Crippen LogP contribution in [0, 0.1) is 52.8 Å². The minimum absolute atomic E-state index is 0.488. The summed E-state index contributed by atoms with van der Waals surface area (Å²) >= 11 is 0. The van der Waals surface area contributed by atoms with E-state index in [1.165, 1.54) is 57.8 Å². The van der Waals surface area contributed by atoms with E-state index in [1.54, 1.807) is 12.0 Å². The van der Waals surface area contributed by atoms with E-state index >= 15 is 0 Å². The van der Waals surface area contributed by atoms with Crippen molar-refractivity contribution in [3.8, 4) is 0 Å². The molecular weight excluding hydrogens is 384 g/mol. The first kappa shape index (κ1) is 23.4. The number of hydrogen-bond donors (Lipinski definition) is 2. The zero-order chi connectivity index (χ0) is 22.2. The number of nitrogens with zero attached hydrogens (tertiary/aromatic N) is 2. The monoisotopic (exact) mass is 432 g/mol. The Morgan fingerprint density at radius 2 is 1.87 bits per heavy atom. The summed E-state index contributed by atoms with van der Waals surface area (Å²) in [5, 5.41) is 5.83. The van der Waals surface area contributed by atoms with E-state index in [4.69, 9.17) is 16.3 Å². The number of fused-ring (bicyclic) bond motifs is 5. The molecule has 4 aliphatic carbocycles. The fourth-order valence-corrected chi connectivity index (χ4v) is 9.03. The second-order valence-electron chi connectivity index (χ2n) is 11.8. The van der Waals surface area contributed by atoms with Gasteiger partial charge in [-0.05, 0) is 124 Å². The summed E-state index contributed by atoms with van der Waals surface area (Å²) in [6.45, 7) is 11.6. The van der Waals surface area contributed by atoms with Gasteiger partial charge in [0.15, 0.2) is 0 Å². The highest BCUT2D eigenvalue weighted by Gasteiger charge is 2.57. The van der Waals surface area contributed by atoms with E-state index in [-0.39, 0.29) is 0 Å². The lowest BCUT2D eigenvalue weighted by atomic mass is 9.49. The van der Waals surface area contributed by atoms with Crippen molar-refractivity contribution in [2.75, 3.05) is 19.8 Å². The number of hydrazine groups is 1. The first-order valence-electron chi connectivity index (χ1n) is 13.2. The summed E-state index contributed by atoms with van der Waals surface area (Å²) in [6, 6.07) is 0.